The number of likely N-dealkylation sites (N-methyl/N-ethyl adjacent to an activating group) is 1. The molecule has 8 heteroatoms. The van der Waals surface area contributed by atoms with Crippen molar-refractivity contribution in [2.75, 3.05) is 27.2 Å². The highest BCUT2D eigenvalue weighted by atomic mass is 127. The van der Waals surface area contributed by atoms with Gasteiger partial charge in [-0.1, -0.05) is 31.5 Å². The molecule has 0 atom stereocenters. The predicted octanol–water partition coefficient (Wildman–Crippen LogP) is 3.05. The van der Waals surface area contributed by atoms with Crippen LogP contribution in [0.5, 0.6) is 0 Å². The summed E-state index contributed by atoms with van der Waals surface area (Å²) in [7, 11) is 3.45. The molecule has 0 aliphatic carbocycles. The summed E-state index contributed by atoms with van der Waals surface area (Å²) in [6.45, 7) is 7.57. The number of rotatable bonds is 7. The number of oxazole rings is 1. The Kier molecular flexibility index (Phi) is 9.98. The summed E-state index contributed by atoms with van der Waals surface area (Å²) in [4.78, 5) is 22.4. The fraction of sp³-hybridized carbons (Fsp3) is 0.450. The summed E-state index contributed by atoms with van der Waals surface area (Å²) in [6, 6.07) is 8.02. The van der Waals surface area contributed by atoms with Crippen molar-refractivity contribution in [3.05, 3.63) is 41.8 Å². The third-order valence-electron chi connectivity index (χ3n) is 3.83. The molecule has 2 aromatic rings. The maximum atomic E-state index is 11.8. The van der Waals surface area contributed by atoms with E-state index >= 15 is 0 Å². The second-order valence-corrected chi connectivity index (χ2v) is 7.09. The van der Waals surface area contributed by atoms with Crippen LogP contribution >= 0.6 is 24.0 Å². The number of aliphatic imine (C=N–C) groups is 1. The van der Waals surface area contributed by atoms with Crippen molar-refractivity contribution in [2.24, 2.45) is 10.9 Å². The molecule has 1 aromatic carbocycles. The van der Waals surface area contributed by atoms with Gasteiger partial charge in [-0.15, -0.1) is 24.0 Å². The molecule has 0 bridgehead atoms. The first kappa shape index (κ1) is 23.9. The largest absolute Gasteiger partial charge is 0.444 e. The quantitative estimate of drug-likeness (QED) is 0.348. The Labute approximate surface area is 184 Å². The smallest absolute Gasteiger partial charge is 0.241 e. The van der Waals surface area contributed by atoms with E-state index in [-0.39, 0.29) is 36.4 Å². The summed E-state index contributed by atoms with van der Waals surface area (Å²) >= 11 is 0. The minimum atomic E-state index is -0.0165. The van der Waals surface area contributed by atoms with Gasteiger partial charge in [-0.25, -0.2) is 9.98 Å². The lowest BCUT2D eigenvalue weighted by Gasteiger charge is -2.15. The molecule has 0 unspecified atom stereocenters. The average molecular weight is 499 g/mol. The lowest BCUT2D eigenvalue weighted by atomic mass is 10.1. The maximum absolute atomic E-state index is 11.8. The second-order valence-electron chi connectivity index (χ2n) is 7.09. The molecule has 0 radical (unpaired) electrons. The zero-order valence-electron chi connectivity index (χ0n) is 17.2. The van der Waals surface area contributed by atoms with E-state index in [4.69, 9.17) is 4.42 Å². The first-order valence-corrected chi connectivity index (χ1v) is 9.09. The van der Waals surface area contributed by atoms with Crippen molar-refractivity contribution < 1.29 is 9.21 Å². The van der Waals surface area contributed by atoms with Gasteiger partial charge in [-0.3, -0.25) is 4.79 Å². The molecule has 0 aliphatic heterocycles. The van der Waals surface area contributed by atoms with Crippen molar-refractivity contribution >= 4 is 35.8 Å². The van der Waals surface area contributed by atoms with E-state index in [9.17, 15) is 4.79 Å². The lowest BCUT2D eigenvalue weighted by molar-refractivity contribution is -0.127. The molecule has 2 N–H and O–H groups in total. The van der Waals surface area contributed by atoms with Crippen LogP contribution in [0.1, 0.15) is 25.1 Å². The normalized spacial score (nSPS) is 11.1. The molecule has 2 rings (SSSR count). The minimum Gasteiger partial charge on any atom is -0.444 e. The molecule has 0 saturated carbocycles. The van der Waals surface area contributed by atoms with Gasteiger partial charge in [0.2, 0.25) is 11.8 Å². The first-order chi connectivity index (χ1) is 12.8. The van der Waals surface area contributed by atoms with Crippen LogP contribution in [-0.2, 0) is 11.3 Å². The number of aryl methyl sites for hydroxylation is 1. The molecule has 0 spiro atoms. The molecule has 1 amide bonds. The SMILES string of the molecule is Cc1ccc(-c2nc(CN=C(NCC(=O)N(C)C)NCC(C)C)co2)cc1.I. The Morgan fingerprint density at radius 3 is 2.50 bits per heavy atom. The zero-order chi connectivity index (χ0) is 19.8. The Bertz CT molecular complexity index is 769. The van der Waals surface area contributed by atoms with Crippen LogP contribution in [0.4, 0.5) is 0 Å². The standard InChI is InChI=1S/C20H29N5O2.HI/c1-14(2)10-21-20(23-12-18(26)25(4)5)22-11-17-13-27-19(24-17)16-8-6-15(3)7-9-16;/h6-9,13-14H,10-12H2,1-5H3,(H2,21,22,23);1H. The molecule has 28 heavy (non-hydrogen) atoms. The number of benzene rings is 1. The van der Waals surface area contributed by atoms with Crippen LogP contribution in [0.25, 0.3) is 11.5 Å². The van der Waals surface area contributed by atoms with Gasteiger partial charge in [0.1, 0.15) is 12.0 Å². The zero-order valence-corrected chi connectivity index (χ0v) is 19.5. The highest BCUT2D eigenvalue weighted by Crippen LogP contribution is 2.19. The van der Waals surface area contributed by atoms with Crippen molar-refractivity contribution in [1.29, 1.82) is 0 Å². The van der Waals surface area contributed by atoms with Crippen LogP contribution in [-0.4, -0.2) is 48.9 Å². The number of amides is 1. The summed E-state index contributed by atoms with van der Waals surface area (Å²) in [5.41, 5.74) is 2.85. The van der Waals surface area contributed by atoms with E-state index in [1.807, 2.05) is 31.2 Å². The number of aromatic nitrogens is 1. The van der Waals surface area contributed by atoms with E-state index in [0.717, 1.165) is 17.8 Å². The van der Waals surface area contributed by atoms with Gasteiger partial charge in [0.25, 0.3) is 0 Å². The number of hydrogen-bond acceptors (Lipinski definition) is 4. The van der Waals surface area contributed by atoms with Gasteiger partial charge in [0.15, 0.2) is 5.96 Å². The van der Waals surface area contributed by atoms with E-state index in [0.29, 0.717) is 24.3 Å². The number of carbonyl (C=O) groups excluding carboxylic acids is 1. The van der Waals surface area contributed by atoms with Gasteiger partial charge in [-0.05, 0) is 25.0 Å². The molecule has 7 nitrogen and oxygen atoms in total. The van der Waals surface area contributed by atoms with E-state index in [2.05, 4.69) is 34.5 Å². The molecule has 0 saturated heterocycles. The highest BCUT2D eigenvalue weighted by Gasteiger charge is 2.09. The fourth-order valence-corrected chi connectivity index (χ4v) is 2.16. The Morgan fingerprint density at radius 2 is 1.89 bits per heavy atom. The number of guanidine groups is 1. The third kappa shape index (κ3) is 7.87. The Hall–Kier alpha value is -2.10. The van der Waals surface area contributed by atoms with Crippen molar-refractivity contribution in [2.45, 2.75) is 27.3 Å². The number of nitrogens with zero attached hydrogens (tertiary/aromatic N) is 3. The Morgan fingerprint density at radius 1 is 1.21 bits per heavy atom. The first-order valence-electron chi connectivity index (χ1n) is 9.09. The van der Waals surface area contributed by atoms with E-state index in [1.54, 1.807) is 25.3 Å². The molecular weight excluding hydrogens is 469 g/mol. The van der Waals surface area contributed by atoms with E-state index in [1.165, 1.54) is 5.56 Å². The van der Waals surface area contributed by atoms with Gasteiger partial charge in [0, 0.05) is 26.2 Å². The number of halogens is 1. The summed E-state index contributed by atoms with van der Waals surface area (Å²) in [6.07, 6.45) is 1.61. The van der Waals surface area contributed by atoms with Crippen LogP contribution in [0.15, 0.2) is 39.9 Å². The number of nitrogens with one attached hydrogen (secondary N) is 2. The van der Waals surface area contributed by atoms with Crippen molar-refractivity contribution in [3.63, 3.8) is 0 Å². The Balaban J connectivity index is 0.00000392. The number of carbonyl (C=O) groups is 1. The summed E-state index contributed by atoms with van der Waals surface area (Å²) in [5, 5.41) is 6.30. The van der Waals surface area contributed by atoms with Crippen LogP contribution in [0.2, 0.25) is 0 Å². The average Bonchev–Trinajstić information content (AvgIpc) is 3.10. The molecular formula is C20H30IN5O2. The summed E-state index contributed by atoms with van der Waals surface area (Å²) in [5.74, 6) is 1.60. The third-order valence-corrected chi connectivity index (χ3v) is 3.83. The fourth-order valence-electron chi connectivity index (χ4n) is 2.16. The van der Waals surface area contributed by atoms with Crippen LogP contribution < -0.4 is 10.6 Å². The second kappa shape index (κ2) is 11.7. The van der Waals surface area contributed by atoms with Gasteiger partial charge in [0.05, 0.1) is 13.1 Å². The molecule has 0 aliphatic rings. The van der Waals surface area contributed by atoms with Gasteiger partial charge < -0.3 is 20.0 Å². The summed E-state index contributed by atoms with van der Waals surface area (Å²) < 4.78 is 5.57. The molecule has 1 aromatic heterocycles. The topological polar surface area (TPSA) is 82.8 Å². The molecule has 0 fully saturated rings. The van der Waals surface area contributed by atoms with E-state index < -0.39 is 0 Å². The lowest BCUT2D eigenvalue weighted by Crippen LogP contribution is -2.44. The molecule has 154 valence electrons. The van der Waals surface area contributed by atoms with Crippen molar-refractivity contribution in [1.82, 2.24) is 20.5 Å². The van der Waals surface area contributed by atoms with Crippen LogP contribution in [0.3, 0.4) is 0 Å². The molecule has 1 heterocycles. The van der Waals surface area contributed by atoms with Gasteiger partial charge >= 0.3 is 0 Å². The predicted molar refractivity (Wildman–Crippen MR) is 123 cm³/mol. The van der Waals surface area contributed by atoms with Crippen molar-refractivity contribution in [3.8, 4) is 11.5 Å². The number of hydrogen-bond donors (Lipinski definition) is 2. The highest BCUT2D eigenvalue weighted by molar-refractivity contribution is 14.0. The van der Waals surface area contributed by atoms with Crippen LogP contribution in [0, 0.1) is 12.8 Å². The minimum absolute atomic E-state index is 0. The monoisotopic (exact) mass is 499 g/mol. The maximum Gasteiger partial charge on any atom is 0.241 e. The van der Waals surface area contributed by atoms with Gasteiger partial charge in [-0.2, -0.15) is 0 Å².